The van der Waals surface area contributed by atoms with Gasteiger partial charge in [-0.1, -0.05) is 18.2 Å². The third kappa shape index (κ3) is 3.61. The largest absolute Gasteiger partial charge is 0.339 e. The molecule has 2 heterocycles. The molecule has 2 aliphatic rings. The highest BCUT2D eigenvalue weighted by molar-refractivity contribution is 6.04. The fourth-order valence-corrected chi connectivity index (χ4v) is 2.91. The first-order valence-corrected chi connectivity index (χ1v) is 7.87. The summed E-state index contributed by atoms with van der Waals surface area (Å²) < 4.78 is 13.0. The maximum atomic E-state index is 13.0. The Kier molecular flexibility index (Phi) is 4.59. The van der Waals surface area contributed by atoms with Gasteiger partial charge in [-0.2, -0.15) is 0 Å². The number of carbonyl (C=O) groups is 3. The molecule has 1 unspecified atom stereocenters. The van der Waals surface area contributed by atoms with Crippen LogP contribution in [0.4, 0.5) is 9.18 Å². The molecular formula is C17H18FN3O3. The molecule has 0 bridgehead atoms. The first-order chi connectivity index (χ1) is 11.5. The van der Waals surface area contributed by atoms with E-state index >= 15 is 0 Å². The van der Waals surface area contributed by atoms with E-state index in [1.165, 1.54) is 12.1 Å². The summed E-state index contributed by atoms with van der Waals surface area (Å²) in [5, 5.41) is 4.63. The van der Waals surface area contributed by atoms with Crippen molar-refractivity contribution < 1.29 is 18.8 Å². The fraction of sp³-hybridized carbons (Fsp3) is 0.353. The molecule has 1 aromatic rings. The zero-order valence-electron chi connectivity index (χ0n) is 13.0. The van der Waals surface area contributed by atoms with Gasteiger partial charge in [0.1, 0.15) is 11.9 Å². The van der Waals surface area contributed by atoms with Gasteiger partial charge in [0.15, 0.2) is 0 Å². The van der Waals surface area contributed by atoms with Gasteiger partial charge in [0.25, 0.3) is 5.91 Å². The van der Waals surface area contributed by atoms with E-state index < -0.39 is 12.1 Å². The lowest BCUT2D eigenvalue weighted by Crippen LogP contribution is -2.36. The van der Waals surface area contributed by atoms with E-state index in [2.05, 4.69) is 10.6 Å². The van der Waals surface area contributed by atoms with Crippen molar-refractivity contribution in [3.63, 3.8) is 0 Å². The molecule has 1 atom stereocenters. The van der Waals surface area contributed by atoms with Gasteiger partial charge in [0.2, 0.25) is 5.91 Å². The molecule has 3 rings (SSSR count). The van der Waals surface area contributed by atoms with E-state index in [1.54, 1.807) is 17.0 Å². The van der Waals surface area contributed by atoms with Crippen LogP contribution in [-0.2, 0) is 9.59 Å². The van der Waals surface area contributed by atoms with Crippen LogP contribution in [0.2, 0.25) is 0 Å². The standard InChI is InChI=1S/C17H18FN3O3/c18-13-3-1-11(2-4-13)12-7-9-21(10-8-12)15(22)6-5-14-16(23)20-17(24)19-14/h1-4,7,14H,5-6,8-10H2,(H2,19,20,23,24). The third-order valence-electron chi connectivity index (χ3n) is 4.28. The number of nitrogens with zero attached hydrogens (tertiary/aromatic N) is 1. The van der Waals surface area contributed by atoms with Crippen LogP contribution in [0, 0.1) is 5.82 Å². The number of halogens is 1. The lowest BCUT2D eigenvalue weighted by molar-refractivity contribution is -0.131. The van der Waals surface area contributed by atoms with Gasteiger partial charge < -0.3 is 10.2 Å². The molecule has 0 saturated carbocycles. The summed E-state index contributed by atoms with van der Waals surface area (Å²) in [6.07, 6.45) is 3.18. The van der Waals surface area contributed by atoms with Crippen molar-refractivity contribution in [3.8, 4) is 0 Å². The van der Waals surface area contributed by atoms with Crippen molar-refractivity contribution in [3.05, 3.63) is 41.7 Å². The van der Waals surface area contributed by atoms with Gasteiger partial charge in [-0.05, 0) is 36.1 Å². The van der Waals surface area contributed by atoms with Gasteiger partial charge in [-0.3, -0.25) is 14.9 Å². The second-order valence-corrected chi connectivity index (χ2v) is 5.88. The number of nitrogens with one attached hydrogen (secondary N) is 2. The van der Waals surface area contributed by atoms with Gasteiger partial charge in [0.05, 0.1) is 0 Å². The maximum absolute atomic E-state index is 13.0. The number of imide groups is 1. The first-order valence-electron chi connectivity index (χ1n) is 7.87. The van der Waals surface area contributed by atoms with Crippen molar-refractivity contribution in [2.75, 3.05) is 13.1 Å². The van der Waals surface area contributed by atoms with Crippen LogP contribution in [0.3, 0.4) is 0 Å². The molecular weight excluding hydrogens is 313 g/mol. The van der Waals surface area contributed by atoms with E-state index in [4.69, 9.17) is 0 Å². The number of benzene rings is 1. The molecule has 0 aliphatic carbocycles. The fourth-order valence-electron chi connectivity index (χ4n) is 2.91. The Morgan fingerprint density at radius 3 is 2.58 bits per heavy atom. The zero-order chi connectivity index (χ0) is 17.1. The third-order valence-corrected chi connectivity index (χ3v) is 4.28. The molecule has 24 heavy (non-hydrogen) atoms. The molecule has 6 nitrogen and oxygen atoms in total. The summed E-state index contributed by atoms with van der Waals surface area (Å²) in [6, 6.07) is 5.18. The SMILES string of the molecule is O=C1NC(=O)C(CCC(=O)N2CC=C(c3ccc(F)cc3)CC2)N1. The van der Waals surface area contributed by atoms with E-state index in [1.807, 2.05) is 6.08 Å². The molecule has 4 amide bonds. The van der Waals surface area contributed by atoms with Gasteiger partial charge in [0, 0.05) is 19.5 Å². The Balaban J connectivity index is 1.52. The van der Waals surface area contributed by atoms with Crippen LogP contribution in [0.15, 0.2) is 30.3 Å². The lowest BCUT2D eigenvalue weighted by Gasteiger charge is -2.27. The Bertz CT molecular complexity index is 700. The molecule has 2 aliphatic heterocycles. The molecule has 0 aromatic heterocycles. The van der Waals surface area contributed by atoms with Crippen molar-refractivity contribution in [1.82, 2.24) is 15.5 Å². The molecule has 0 spiro atoms. The summed E-state index contributed by atoms with van der Waals surface area (Å²) in [5.74, 6) is -0.696. The number of urea groups is 1. The van der Waals surface area contributed by atoms with E-state index in [0.29, 0.717) is 25.9 Å². The van der Waals surface area contributed by atoms with Crippen molar-refractivity contribution in [2.45, 2.75) is 25.3 Å². The van der Waals surface area contributed by atoms with E-state index in [9.17, 15) is 18.8 Å². The second kappa shape index (κ2) is 6.82. The van der Waals surface area contributed by atoms with Crippen LogP contribution < -0.4 is 10.6 Å². The minimum absolute atomic E-state index is 0.0432. The predicted octanol–water partition coefficient (Wildman–Crippen LogP) is 1.43. The van der Waals surface area contributed by atoms with E-state index in [-0.39, 0.29) is 24.1 Å². The average molecular weight is 331 g/mol. The number of hydrogen-bond acceptors (Lipinski definition) is 3. The lowest BCUT2D eigenvalue weighted by atomic mass is 9.99. The van der Waals surface area contributed by atoms with Crippen LogP contribution in [-0.4, -0.2) is 41.9 Å². The molecule has 126 valence electrons. The normalized spacial score (nSPS) is 20.5. The summed E-state index contributed by atoms with van der Waals surface area (Å²) in [5.41, 5.74) is 2.07. The Hall–Kier alpha value is -2.70. The molecule has 0 radical (unpaired) electrons. The summed E-state index contributed by atoms with van der Waals surface area (Å²) >= 11 is 0. The zero-order valence-corrected chi connectivity index (χ0v) is 13.0. The van der Waals surface area contributed by atoms with Crippen molar-refractivity contribution >= 4 is 23.4 Å². The van der Waals surface area contributed by atoms with Crippen molar-refractivity contribution in [2.24, 2.45) is 0 Å². The predicted molar refractivity (Wildman–Crippen MR) is 85.3 cm³/mol. The van der Waals surface area contributed by atoms with Crippen molar-refractivity contribution in [1.29, 1.82) is 0 Å². The summed E-state index contributed by atoms with van der Waals surface area (Å²) in [7, 11) is 0. The number of rotatable bonds is 4. The van der Waals surface area contributed by atoms with Gasteiger partial charge in [-0.15, -0.1) is 0 Å². The number of hydrogen-bond donors (Lipinski definition) is 2. The minimum Gasteiger partial charge on any atom is -0.339 e. The number of amides is 4. The van der Waals surface area contributed by atoms with Crippen LogP contribution in [0.5, 0.6) is 0 Å². The average Bonchev–Trinajstić information content (AvgIpc) is 2.91. The Morgan fingerprint density at radius 2 is 2.00 bits per heavy atom. The van der Waals surface area contributed by atoms with Gasteiger partial charge in [-0.25, -0.2) is 9.18 Å². The number of carbonyl (C=O) groups excluding carboxylic acids is 3. The van der Waals surface area contributed by atoms with Crippen LogP contribution in [0.1, 0.15) is 24.8 Å². The Morgan fingerprint density at radius 1 is 1.25 bits per heavy atom. The Labute approximate surface area is 138 Å². The van der Waals surface area contributed by atoms with Crippen LogP contribution in [0.25, 0.3) is 5.57 Å². The molecule has 2 N–H and O–H groups in total. The molecule has 1 aromatic carbocycles. The molecule has 1 saturated heterocycles. The molecule has 7 heteroatoms. The highest BCUT2D eigenvalue weighted by Crippen LogP contribution is 2.23. The highest BCUT2D eigenvalue weighted by Gasteiger charge is 2.30. The smallest absolute Gasteiger partial charge is 0.322 e. The molecule has 1 fully saturated rings. The topological polar surface area (TPSA) is 78.5 Å². The highest BCUT2D eigenvalue weighted by atomic mass is 19.1. The minimum atomic E-state index is -0.628. The quantitative estimate of drug-likeness (QED) is 0.819. The maximum Gasteiger partial charge on any atom is 0.322 e. The van der Waals surface area contributed by atoms with Gasteiger partial charge >= 0.3 is 6.03 Å². The summed E-state index contributed by atoms with van der Waals surface area (Å²) in [6.45, 7) is 1.08. The van der Waals surface area contributed by atoms with Crippen LogP contribution >= 0.6 is 0 Å². The summed E-state index contributed by atoms with van der Waals surface area (Å²) in [4.78, 5) is 36.4. The monoisotopic (exact) mass is 331 g/mol. The second-order valence-electron chi connectivity index (χ2n) is 5.88. The first kappa shape index (κ1) is 16.2. The van der Waals surface area contributed by atoms with E-state index in [0.717, 1.165) is 11.1 Å².